The van der Waals surface area contributed by atoms with Crippen LogP contribution in [-0.2, 0) is 16.0 Å². The molecule has 2 amide bonds. The molecule has 4 nitrogen and oxygen atoms in total. The van der Waals surface area contributed by atoms with Gasteiger partial charge in [-0.15, -0.1) is 0 Å². The van der Waals surface area contributed by atoms with Gasteiger partial charge >= 0.3 is 0 Å². The highest BCUT2D eigenvalue weighted by molar-refractivity contribution is 5.86. The highest BCUT2D eigenvalue weighted by Gasteiger charge is 2.45. The lowest BCUT2D eigenvalue weighted by molar-refractivity contribution is -0.133. The summed E-state index contributed by atoms with van der Waals surface area (Å²) in [4.78, 5) is 27.3. The van der Waals surface area contributed by atoms with Crippen LogP contribution in [0.1, 0.15) is 32.3 Å². The van der Waals surface area contributed by atoms with Gasteiger partial charge in [0.25, 0.3) is 0 Å². The first kappa shape index (κ1) is 21.0. The maximum atomic E-state index is 14.4. The van der Waals surface area contributed by atoms with E-state index in [0.29, 0.717) is 37.9 Å². The Labute approximate surface area is 172 Å². The van der Waals surface area contributed by atoms with Crippen LogP contribution in [0.3, 0.4) is 0 Å². The Bertz CT molecular complexity index is 896. The molecule has 1 N–H and O–H groups in total. The zero-order chi connectivity index (χ0) is 21.0. The van der Waals surface area contributed by atoms with E-state index in [1.807, 2.05) is 44.2 Å². The van der Waals surface area contributed by atoms with E-state index in [1.54, 1.807) is 24.1 Å². The number of nitrogens with one attached hydrogen (secondary N) is 1. The number of rotatable bonds is 6. The standard InChI is InChI=1S/C24H29FN2O2/c1-17(2)14-22(28)27-13-12-24(16-27,23(29)26-3)15-18-8-4-5-9-19(18)20-10-6-7-11-21(20)25/h4-11,17H,12-16H2,1-3H3,(H,26,29)/t24-/m0/s1. The molecule has 1 saturated heterocycles. The van der Waals surface area contributed by atoms with Crippen LogP contribution < -0.4 is 5.32 Å². The third-order valence-electron chi connectivity index (χ3n) is 5.71. The number of halogens is 1. The molecule has 154 valence electrons. The van der Waals surface area contributed by atoms with E-state index in [-0.39, 0.29) is 23.5 Å². The summed E-state index contributed by atoms with van der Waals surface area (Å²) in [5.41, 5.74) is 1.53. The number of amides is 2. The Morgan fingerprint density at radius 1 is 1.10 bits per heavy atom. The van der Waals surface area contributed by atoms with Gasteiger partial charge in [-0.1, -0.05) is 56.3 Å². The molecular formula is C24H29FN2O2. The zero-order valence-electron chi connectivity index (χ0n) is 17.4. The molecule has 1 atom stereocenters. The van der Waals surface area contributed by atoms with Crippen molar-refractivity contribution in [2.45, 2.75) is 33.1 Å². The first-order chi connectivity index (χ1) is 13.9. The predicted octanol–water partition coefficient (Wildman–Crippen LogP) is 4.05. The van der Waals surface area contributed by atoms with Crippen molar-refractivity contribution in [2.24, 2.45) is 11.3 Å². The molecule has 1 aliphatic rings. The quantitative estimate of drug-likeness (QED) is 0.801. The van der Waals surface area contributed by atoms with Gasteiger partial charge < -0.3 is 10.2 Å². The van der Waals surface area contributed by atoms with Crippen LogP contribution in [0.15, 0.2) is 48.5 Å². The average Bonchev–Trinajstić information content (AvgIpc) is 3.13. The van der Waals surface area contributed by atoms with Gasteiger partial charge in [-0.05, 0) is 36.0 Å². The number of nitrogens with zero attached hydrogens (tertiary/aromatic N) is 1. The number of likely N-dealkylation sites (tertiary alicyclic amines) is 1. The number of carbonyl (C=O) groups excluding carboxylic acids is 2. The van der Waals surface area contributed by atoms with Gasteiger partial charge in [0.1, 0.15) is 5.82 Å². The molecule has 0 bridgehead atoms. The van der Waals surface area contributed by atoms with E-state index in [1.165, 1.54) is 6.07 Å². The van der Waals surface area contributed by atoms with Crippen LogP contribution in [-0.4, -0.2) is 36.9 Å². The highest BCUT2D eigenvalue weighted by Crippen LogP contribution is 2.38. The van der Waals surface area contributed by atoms with Gasteiger partial charge in [0.2, 0.25) is 11.8 Å². The fourth-order valence-electron chi connectivity index (χ4n) is 4.22. The minimum Gasteiger partial charge on any atom is -0.359 e. The second kappa shape index (κ2) is 8.76. The van der Waals surface area contributed by atoms with Gasteiger partial charge in [0.05, 0.1) is 5.41 Å². The van der Waals surface area contributed by atoms with E-state index in [9.17, 15) is 14.0 Å². The Morgan fingerprint density at radius 2 is 1.76 bits per heavy atom. The normalized spacial score (nSPS) is 18.9. The minimum atomic E-state index is -0.706. The number of benzene rings is 2. The van der Waals surface area contributed by atoms with E-state index < -0.39 is 5.41 Å². The molecule has 1 heterocycles. The van der Waals surface area contributed by atoms with Crippen LogP contribution in [0.5, 0.6) is 0 Å². The minimum absolute atomic E-state index is 0.0688. The van der Waals surface area contributed by atoms with E-state index >= 15 is 0 Å². The van der Waals surface area contributed by atoms with Gasteiger partial charge in [-0.3, -0.25) is 9.59 Å². The van der Waals surface area contributed by atoms with Crippen molar-refractivity contribution in [1.82, 2.24) is 10.2 Å². The van der Waals surface area contributed by atoms with Crippen molar-refractivity contribution < 1.29 is 14.0 Å². The van der Waals surface area contributed by atoms with Crippen LogP contribution in [0.4, 0.5) is 4.39 Å². The van der Waals surface area contributed by atoms with Crippen molar-refractivity contribution in [3.63, 3.8) is 0 Å². The fourth-order valence-corrected chi connectivity index (χ4v) is 4.22. The molecule has 0 radical (unpaired) electrons. The van der Waals surface area contributed by atoms with E-state index in [0.717, 1.165) is 11.1 Å². The van der Waals surface area contributed by atoms with Crippen LogP contribution >= 0.6 is 0 Å². The molecule has 0 unspecified atom stereocenters. The molecule has 1 aliphatic heterocycles. The Balaban J connectivity index is 1.93. The zero-order valence-corrected chi connectivity index (χ0v) is 17.4. The second-order valence-corrected chi connectivity index (χ2v) is 8.34. The predicted molar refractivity (Wildman–Crippen MR) is 113 cm³/mol. The third-order valence-corrected chi connectivity index (χ3v) is 5.71. The summed E-state index contributed by atoms with van der Waals surface area (Å²) in [6.07, 6.45) is 1.54. The van der Waals surface area contributed by atoms with Crippen molar-refractivity contribution in [1.29, 1.82) is 0 Å². The topological polar surface area (TPSA) is 49.4 Å². The molecule has 3 rings (SSSR count). The Kier molecular flexibility index (Phi) is 6.36. The smallest absolute Gasteiger partial charge is 0.228 e. The van der Waals surface area contributed by atoms with Crippen molar-refractivity contribution in [3.8, 4) is 11.1 Å². The number of hydrogen-bond donors (Lipinski definition) is 1. The molecule has 1 fully saturated rings. The van der Waals surface area contributed by atoms with Crippen LogP contribution in [0.2, 0.25) is 0 Å². The molecule has 2 aromatic rings. The average molecular weight is 397 g/mol. The fraction of sp³-hybridized carbons (Fsp3) is 0.417. The van der Waals surface area contributed by atoms with Crippen LogP contribution in [0, 0.1) is 17.2 Å². The lowest BCUT2D eigenvalue weighted by atomic mass is 9.78. The maximum Gasteiger partial charge on any atom is 0.228 e. The lowest BCUT2D eigenvalue weighted by Gasteiger charge is -2.29. The molecule has 0 aromatic heterocycles. The van der Waals surface area contributed by atoms with Gasteiger partial charge in [-0.25, -0.2) is 4.39 Å². The molecule has 0 aliphatic carbocycles. The van der Waals surface area contributed by atoms with E-state index in [4.69, 9.17) is 0 Å². The van der Waals surface area contributed by atoms with Crippen molar-refractivity contribution in [3.05, 3.63) is 59.9 Å². The summed E-state index contributed by atoms with van der Waals surface area (Å²) in [6, 6.07) is 14.3. The summed E-state index contributed by atoms with van der Waals surface area (Å²) in [5, 5.41) is 2.79. The molecule has 0 spiro atoms. The Morgan fingerprint density at radius 3 is 2.41 bits per heavy atom. The SMILES string of the molecule is CNC(=O)[C@]1(Cc2ccccc2-c2ccccc2F)CCN(C(=O)CC(C)C)C1. The molecular weight excluding hydrogens is 367 g/mol. The monoisotopic (exact) mass is 396 g/mol. The first-order valence-corrected chi connectivity index (χ1v) is 10.2. The number of carbonyl (C=O) groups is 2. The highest BCUT2D eigenvalue weighted by atomic mass is 19.1. The summed E-state index contributed by atoms with van der Waals surface area (Å²) >= 11 is 0. The van der Waals surface area contributed by atoms with Crippen molar-refractivity contribution in [2.75, 3.05) is 20.1 Å². The maximum absolute atomic E-state index is 14.4. The third kappa shape index (κ3) is 4.50. The summed E-state index contributed by atoms with van der Waals surface area (Å²) in [6.45, 7) is 5.00. The second-order valence-electron chi connectivity index (χ2n) is 8.34. The molecule has 0 saturated carbocycles. The van der Waals surface area contributed by atoms with Gasteiger partial charge in [0, 0.05) is 32.1 Å². The summed E-state index contributed by atoms with van der Waals surface area (Å²) in [7, 11) is 1.63. The molecule has 29 heavy (non-hydrogen) atoms. The first-order valence-electron chi connectivity index (χ1n) is 10.2. The molecule has 2 aromatic carbocycles. The Hall–Kier alpha value is -2.69. The lowest BCUT2D eigenvalue weighted by Crippen LogP contribution is -2.44. The summed E-state index contributed by atoms with van der Waals surface area (Å²) < 4.78 is 14.4. The van der Waals surface area contributed by atoms with Crippen LogP contribution in [0.25, 0.3) is 11.1 Å². The van der Waals surface area contributed by atoms with Gasteiger partial charge in [-0.2, -0.15) is 0 Å². The van der Waals surface area contributed by atoms with Crippen molar-refractivity contribution >= 4 is 11.8 Å². The number of hydrogen-bond acceptors (Lipinski definition) is 2. The van der Waals surface area contributed by atoms with E-state index in [2.05, 4.69) is 5.32 Å². The largest absolute Gasteiger partial charge is 0.359 e. The van der Waals surface area contributed by atoms with Gasteiger partial charge in [0.15, 0.2) is 0 Å². The summed E-state index contributed by atoms with van der Waals surface area (Å²) in [5.74, 6) is 0.0160. The molecule has 5 heteroatoms.